The molecule has 14 heavy (non-hydrogen) atoms. The molecule has 0 aliphatic heterocycles. The van der Waals surface area contributed by atoms with Crippen molar-refractivity contribution in [2.24, 2.45) is 0 Å². The molecule has 0 spiro atoms. The van der Waals surface area contributed by atoms with Gasteiger partial charge in [-0.25, -0.2) is 4.98 Å². The monoisotopic (exact) mass is 268 g/mol. The van der Waals surface area contributed by atoms with Crippen molar-refractivity contribution >= 4 is 33.0 Å². The minimum Gasteiger partial charge on any atom is -0.379 e. The number of hydrogen-bond acceptors (Lipinski definition) is 3. The van der Waals surface area contributed by atoms with Gasteiger partial charge in [0.2, 0.25) is 0 Å². The van der Waals surface area contributed by atoms with Gasteiger partial charge in [0.25, 0.3) is 0 Å². The summed E-state index contributed by atoms with van der Waals surface area (Å²) in [6.07, 6.45) is 1.76. The molecule has 0 aromatic carbocycles. The molecule has 0 amide bonds. The second-order valence-corrected chi connectivity index (χ2v) is 4.36. The fourth-order valence-corrected chi connectivity index (χ4v) is 2.17. The van der Waals surface area contributed by atoms with E-state index in [1.54, 1.807) is 17.5 Å². The summed E-state index contributed by atoms with van der Waals surface area (Å²) in [4.78, 5) is 4.14. The molecule has 2 heterocycles. The fraction of sp³-hybridized carbons (Fsp3) is 0.100. The third-order valence-corrected chi connectivity index (χ3v) is 3.19. The Hall–Kier alpha value is -0.870. The van der Waals surface area contributed by atoms with Crippen molar-refractivity contribution in [1.82, 2.24) is 4.98 Å². The maximum Gasteiger partial charge on any atom is 0.129 e. The van der Waals surface area contributed by atoms with Crippen LogP contribution in [0.4, 0.5) is 5.69 Å². The Balaban J connectivity index is 2.02. The van der Waals surface area contributed by atoms with Gasteiger partial charge in [-0.15, -0.1) is 0 Å². The van der Waals surface area contributed by atoms with Gasteiger partial charge in [0.05, 0.1) is 5.69 Å². The van der Waals surface area contributed by atoms with E-state index in [9.17, 15) is 0 Å². The van der Waals surface area contributed by atoms with Crippen LogP contribution in [0, 0.1) is 0 Å². The van der Waals surface area contributed by atoms with Crippen LogP contribution in [0.15, 0.2) is 39.8 Å². The molecule has 0 aliphatic carbocycles. The van der Waals surface area contributed by atoms with Crippen molar-refractivity contribution in [2.45, 2.75) is 6.54 Å². The first-order valence-electron chi connectivity index (χ1n) is 4.22. The molecule has 0 unspecified atom stereocenters. The number of hydrogen-bond donors (Lipinski definition) is 1. The Morgan fingerprint density at radius 2 is 2.36 bits per heavy atom. The minimum atomic E-state index is 0.841. The van der Waals surface area contributed by atoms with E-state index < -0.39 is 0 Å². The van der Waals surface area contributed by atoms with E-state index in [1.165, 1.54) is 5.56 Å². The van der Waals surface area contributed by atoms with Gasteiger partial charge in [-0.1, -0.05) is 0 Å². The first kappa shape index (κ1) is 9.68. The number of aromatic nitrogens is 1. The van der Waals surface area contributed by atoms with E-state index >= 15 is 0 Å². The molecule has 2 aromatic heterocycles. The van der Waals surface area contributed by atoms with E-state index in [4.69, 9.17) is 0 Å². The second kappa shape index (κ2) is 4.57. The lowest BCUT2D eigenvalue weighted by atomic mass is 10.3. The summed E-state index contributed by atoms with van der Waals surface area (Å²) in [6, 6.07) is 6.03. The maximum atomic E-state index is 4.14. The second-order valence-electron chi connectivity index (χ2n) is 2.83. The Labute approximate surface area is 95.1 Å². The lowest BCUT2D eigenvalue weighted by Crippen LogP contribution is -1.99. The van der Waals surface area contributed by atoms with Crippen LogP contribution < -0.4 is 5.32 Å². The molecule has 4 heteroatoms. The van der Waals surface area contributed by atoms with E-state index in [-0.39, 0.29) is 0 Å². The summed E-state index contributed by atoms with van der Waals surface area (Å²) < 4.78 is 0.857. The van der Waals surface area contributed by atoms with Crippen LogP contribution in [0.3, 0.4) is 0 Å². The SMILES string of the molecule is Brc1ncccc1NCc1ccsc1. The van der Waals surface area contributed by atoms with Gasteiger partial charge in [-0.05, 0) is 50.5 Å². The van der Waals surface area contributed by atoms with Crippen molar-refractivity contribution in [1.29, 1.82) is 0 Å². The molecule has 2 nitrogen and oxygen atoms in total. The molecule has 0 aliphatic rings. The number of nitrogens with zero attached hydrogens (tertiary/aromatic N) is 1. The molecule has 2 rings (SSSR count). The summed E-state index contributed by atoms with van der Waals surface area (Å²) in [6.45, 7) is 0.841. The highest BCUT2D eigenvalue weighted by molar-refractivity contribution is 9.10. The molecule has 72 valence electrons. The standard InChI is InChI=1S/C10H9BrN2S/c11-10-9(2-1-4-12-10)13-6-8-3-5-14-7-8/h1-5,7,13H,6H2. The molecular weight excluding hydrogens is 260 g/mol. The number of anilines is 1. The van der Waals surface area contributed by atoms with Crippen molar-refractivity contribution in [3.63, 3.8) is 0 Å². The third kappa shape index (κ3) is 2.33. The van der Waals surface area contributed by atoms with Crippen LogP contribution in [0.2, 0.25) is 0 Å². The summed E-state index contributed by atoms with van der Waals surface area (Å²) in [5.41, 5.74) is 2.32. The lowest BCUT2D eigenvalue weighted by Gasteiger charge is -2.05. The van der Waals surface area contributed by atoms with Gasteiger partial charge < -0.3 is 5.32 Å². The van der Waals surface area contributed by atoms with Crippen LogP contribution in [-0.4, -0.2) is 4.98 Å². The van der Waals surface area contributed by atoms with Crippen molar-refractivity contribution in [2.75, 3.05) is 5.32 Å². The fourth-order valence-electron chi connectivity index (χ4n) is 1.11. The summed E-state index contributed by atoms with van der Waals surface area (Å²) in [5, 5.41) is 7.53. The molecule has 0 bridgehead atoms. The Bertz CT molecular complexity index is 400. The molecule has 0 saturated heterocycles. The average Bonchev–Trinajstić information content (AvgIpc) is 2.69. The average molecular weight is 269 g/mol. The van der Waals surface area contributed by atoms with E-state index in [1.807, 2.05) is 12.1 Å². The zero-order valence-electron chi connectivity index (χ0n) is 7.40. The maximum absolute atomic E-state index is 4.14. The largest absolute Gasteiger partial charge is 0.379 e. The normalized spacial score (nSPS) is 10.1. The Morgan fingerprint density at radius 3 is 3.07 bits per heavy atom. The molecule has 0 atom stereocenters. The van der Waals surface area contributed by atoms with Gasteiger partial charge in [0.1, 0.15) is 4.60 Å². The number of halogens is 1. The predicted octanol–water partition coefficient (Wildman–Crippen LogP) is 3.52. The highest BCUT2D eigenvalue weighted by Gasteiger charge is 1.98. The van der Waals surface area contributed by atoms with Gasteiger partial charge in [-0.3, -0.25) is 0 Å². The quantitative estimate of drug-likeness (QED) is 0.862. The third-order valence-electron chi connectivity index (χ3n) is 1.82. The van der Waals surface area contributed by atoms with Crippen LogP contribution in [0.25, 0.3) is 0 Å². The van der Waals surface area contributed by atoms with E-state index in [0.717, 1.165) is 16.8 Å². The molecule has 0 radical (unpaired) electrons. The zero-order valence-corrected chi connectivity index (χ0v) is 9.81. The van der Waals surface area contributed by atoms with Gasteiger partial charge >= 0.3 is 0 Å². The van der Waals surface area contributed by atoms with Gasteiger partial charge in [0.15, 0.2) is 0 Å². The zero-order chi connectivity index (χ0) is 9.80. The molecule has 0 fully saturated rings. The highest BCUT2D eigenvalue weighted by Crippen LogP contribution is 2.19. The Morgan fingerprint density at radius 1 is 1.43 bits per heavy atom. The predicted molar refractivity (Wildman–Crippen MR) is 63.6 cm³/mol. The molecule has 1 N–H and O–H groups in total. The van der Waals surface area contributed by atoms with E-state index in [0.29, 0.717) is 0 Å². The number of rotatable bonds is 3. The van der Waals surface area contributed by atoms with Crippen molar-refractivity contribution in [3.05, 3.63) is 45.3 Å². The van der Waals surface area contributed by atoms with Crippen molar-refractivity contribution in [3.8, 4) is 0 Å². The molecule has 0 saturated carbocycles. The Kier molecular flexibility index (Phi) is 3.16. The van der Waals surface area contributed by atoms with E-state index in [2.05, 4.69) is 43.1 Å². The van der Waals surface area contributed by atoms with Crippen LogP contribution >= 0.6 is 27.3 Å². The molecule has 2 aromatic rings. The number of nitrogens with one attached hydrogen (secondary N) is 1. The topological polar surface area (TPSA) is 24.9 Å². The van der Waals surface area contributed by atoms with Gasteiger partial charge in [-0.2, -0.15) is 11.3 Å². The van der Waals surface area contributed by atoms with Gasteiger partial charge in [0, 0.05) is 12.7 Å². The summed E-state index contributed by atoms with van der Waals surface area (Å²) in [7, 11) is 0. The van der Waals surface area contributed by atoms with Crippen LogP contribution in [0.1, 0.15) is 5.56 Å². The summed E-state index contributed by atoms with van der Waals surface area (Å²) >= 11 is 5.10. The van der Waals surface area contributed by atoms with Crippen molar-refractivity contribution < 1.29 is 0 Å². The smallest absolute Gasteiger partial charge is 0.129 e. The van der Waals surface area contributed by atoms with Crippen LogP contribution in [0.5, 0.6) is 0 Å². The number of thiophene rings is 1. The first-order valence-corrected chi connectivity index (χ1v) is 5.95. The lowest BCUT2D eigenvalue weighted by molar-refractivity contribution is 1.14. The number of pyridine rings is 1. The first-order chi connectivity index (χ1) is 6.86. The molecular formula is C10H9BrN2S. The van der Waals surface area contributed by atoms with Crippen LogP contribution in [-0.2, 0) is 6.54 Å². The highest BCUT2D eigenvalue weighted by atomic mass is 79.9. The minimum absolute atomic E-state index is 0.841. The summed E-state index contributed by atoms with van der Waals surface area (Å²) in [5.74, 6) is 0.